The first-order valence-electron chi connectivity index (χ1n) is 6.41. The lowest BCUT2D eigenvalue weighted by atomic mass is 10.1. The molecule has 2 heterocycles. The number of aromatic nitrogens is 3. The number of halogens is 1. The maximum absolute atomic E-state index is 5.96. The Bertz CT molecular complexity index is 775. The first-order valence-corrected chi connectivity index (χ1v) is 6.78. The fourth-order valence-electron chi connectivity index (χ4n) is 2.38. The van der Waals surface area contributed by atoms with Gasteiger partial charge in [0.2, 0.25) is 0 Å². The lowest BCUT2D eigenvalue weighted by Gasteiger charge is -2.06. The van der Waals surface area contributed by atoms with Gasteiger partial charge in [0.05, 0.1) is 5.69 Å². The van der Waals surface area contributed by atoms with Crippen molar-refractivity contribution in [2.24, 2.45) is 0 Å². The zero-order valence-electron chi connectivity index (χ0n) is 11.6. The van der Waals surface area contributed by atoms with Crippen LogP contribution in [-0.2, 0) is 0 Å². The first kappa shape index (κ1) is 12.9. The van der Waals surface area contributed by atoms with E-state index in [1.807, 2.05) is 55.7 Å². The maximum atomic E-state index is 5.96. The van der Waals surface area contributed by atoms with Crippen molar-refractivity contribution >= 4 is 23.1 Å². The summed E-state index contributed by atoms with van der Waals surface area (Å²) < 4.78 is 1.84. The van der Waals surface area contributed by atoms with Crippen molar-refractivity contribution in [1.29, 1.82) is 0 Å². The van der Waals surface area contributed by atoms with Crippen molar-refractivity contribution < 1.29 is 0 Å². The topological polar surface area (TPSA) is 42.2 Å². The van der Waals surface area contributed by atoms with Crippen LogP contribution in [0.1, 0.15) is 11.4 Å². The molecule has 0 radical (unpaired) electrons. The first-order chi connectivity index (χ1) is 9.60. The summed E-state index contributed by atoms with van der Waals surface area (Å²) in [6.45, 7) is 3.97. The van der Waals surface area contributed by atoms with Crippen molar-refractivity contribution in [3.8, 4) is 11.1 Å². The number of benzene rings is 1. The summed E-state index contributed by atoms with van der Waals surface area (Å²) in [7, 11) is 1.88. The normalized spacial score (nSPS) is 11.0. The van der Waals surface area contributed by atoms with Crippen LogP contribution in [0.2, 0.25) is 5.02 Å². The van der Waals surface area contributed by atoms with Crippen LogP contribution in [0.4, 0.5) is 5.82 Å². The largest absolute Gasteiger partial charge is 0.373 e. The van der Waals surface area contributed by atoms with Crippen LogP contribution >= 0.6 is 11.6 Å². The Morgan fingerprint density at radius 1 is 1.15 bits per heavy atom. The molecular formula is C15H15ClN4. The summed E-state index contributed by atoms with van der Waals surface area (Å²) in [5, 5.41) is 8.46. The van der Waals surface area contributed by atoms with Gasteiger partial charge in [0, 0.05) is 29.4 Å². The van der Waals surface area contributed by atoms with Crippen molar-refractivity contribution in [1.82, 2.24) is 14.6 Å². The van der Waals surface area contributed by atoms with Gasteiger partial charge in [0.15, 0.2) is 5.65 Å². The van der Waals surface area contributed by atoms with E-state index in [-0.39, 0.29) is 0 Å². The highest BCUT2D eigenvalue weighted by Gasteiger charge is 2.15. The highest BCUT2D eigenvalue weighted by molar-refractivity contribution is 6.30. The van der Waals surface area contributed by atoms with Gasteiger partial charge in [-0.15, -0.1) is 0 Å². The third-order valence-electron chi connectivity index (χ3n) is 3.28. The Morgan fingerprint density at radius 2 is 1.85 bits per heavy atom. The van der Waals surface area contributed by atoms with Crippen LogP contribution in [-0.4, -0.2) is 21.6 Å². The molecule has 102 valence electrons. The minimum absolute atomic E-state index is 0.725. The smallest absolute Gasteiger partial charge is 0.165 e. The molecule has 0 spiro atoms. The number of rotatable bonds is 2. The van der Waals surface area contributed by atoms with E-state index in [1.165, 1.54) is 0 Å². The van der Waals surface area contributed by atoms with Gasteiger partial charge in [-0.3, -0.25) is 0 Å². The molecule has 2 aromatic heterocycles. The second-order valence-corrected chi connectivity index (χ2v) is 5.17. The van der Waals surface area contributed by atoms with Crippen LogP contribution in [0.25, 0.3) is 16.8 Å². The second kappa shape index (κ2) is 4.80. The van der Waals surface area contributed by atoms with Gasteiger partial charge >= 0.3 is 0 Å². The highest BCUT2D eigenvalue weighted by atomic mass is 35.5. The molecule has 0 aliphatic rings. The molecule has 0 saturated heterocycles. The number of nitrogens with one attached hydrogen (secondary N) is 1. The molecule has 5 heteroatoms. The Kier molecular flexibility index (Phi) is 3.10. The fraction of sp³-hybridized carbons (Fsp3) is 0.200. The van der Waals surface area contributed by atoms with E-state index in [0.29, 0.717) is 0 Å². The van der Waals surface area contributed by atoms with Gasteiger partial charge in [0.1, 0.15) is 5.82 Å². The lowest BCUT2D eigenvalue weighted by Crippen LogP contribution is -2.02. The monoisotopic (exact) mass is 286 g/mol. The zero-order chi connectivity index (χ0) is 14.3. The molecule has 1 aromatic carbocycles. The van der Waals surface area contributed by atoms with E-state index in [2.05, 4.69) is 15.4 Å². The van der Waals surface area contributed by atoms with E-state index in [9.17, 15) is 0 Å². The van der Waals surface area contributed by atoms with E-state index in [1.54, 1.807) is 0 Å². The molecule has 0 fully saturated rings. The van der Waals surface area contributed by atoms with Crippen LogP contribution in [0, 0.1) is 13.8 Å². The summed E-state index contributed by atoms with van der Waals surface area (Å²) in [4.78, 5) is 4.63. The zero-order valence-corrected chi connectivity index (χ0v) is 12.4. The Morgan fingerprint density at radius 3 is 2.50 bits per heavy atom. The number of anilines is 1. The van der Waals surface area contributed by atoms with Gasteiger partial charge in [-0.2, -0.15) is 9.61 Å². The lowest BCUT2D eigenvalue weighted by molar-refractivity contribution is 0.914. The van der Waals surface area contributed by atoms with Crippen LogP contribution < -0.4 is 5.32 Å². The summed E-state index contributed by atoms with van der Waals surface area (Å²) in [5.41, 5.74) is 4.87. The van der Waals surface area contributed by atoms with E-state index in [4.69, 9.17) is 11.6 Å². The van der Waals surface area contributed by atoms with Crippen molar-refractivity contribution in [2.75, 3.05) is 12.4 Å². The van der Waals surface area contributed by atoms with Gasteiger partial charge in [-0.05, 0) is 31.5 Å². The van der Waals surface area contributed by atoms with Crippen LogP contribution in [0.3, 0.4) is 0 Å². The molecule has 0 bridgehead atoms. The standard InChI is InChI=1S/C15H15ClN4/c1-9-8-13(17-3)20-15(18-9)14(10(2)19-20)11-4-6-12(16)7-5-11/h4-8,17H,1-3H3. The number of aryl methyl sites for hydroxylation is 2. The SMILES string of the molecule is CNc1cc(C)nc2c(-c3ccc(Cl)cc3)c(C)nn12. The molecule has 0 saturated carbocycles. The van der Waals surface area contributed by atoms with E-state index >= 15 is 0 Å². The third-order valence-corrected chi connectivity index (χ3v) is 3.53. The van der Waals surface area contributed by atoms with Gasteiger partial charge < -0.3 is 5.32 Å². The van der Waals surface area contributed by atoms with Crippen molar-refractivity contribution in [3.05, 3.63) is 46.7 Å². The molecule has 3 aromatic rings. The fourth-order valence-corrected chi connectivity index (χ4v) is 2.50. The second-order valence-electron chi connectivity index (χ2n) is 4.74. The van der Waals surface area contributed by atoms with Crippen molar-refractivity contribution in [2.45, 2.75) is 13.8 Å². The van der Waals surface area contributed by atoms with Gasteiger partial charge in [0.25, 0.3) is 0 Å². The number of hydrogen-bond acceptors (Lipinski definition) is 3. The summed E-state index contributed by atoms with van der Waals surface area (Å²) in [6.07, 6.45) is 0. The van der Waals surface area contributed by atoms with Crippen LogP contribution in [0.15, 0.2) is 30.3 Å². The predicted octanol–water partition coefficient (Wildman–Crippen LogP) is 3.71. The molecule has 3 rings (SSSR count). The third kappa shape index (κ3) is 2.02. The number of hydrogen-bond donors (Lipinski definition) is 1. The average Bonchev–Trinajstić information content (AvgIpc) is 2.75. The predicted molar refractivity (Wildman–Crippen MR) is 82.5 cm³/mol. The van der Waals surface area contributed by atoms with Crippen molar-refractivity contribution in [3.63, 3.8) is 0 Å². The Balaban J connectivity index is 2.33. The molecule has 0 atom stereocenters. The average molecular weight is 287 g/mol. The molecule has 1 N–H and O–H groups in total. The van der Waals surface area contributed by atoms with E-state index < -0.39 is 0 Å². The maximum Gasteiger partial charge on any atom is 0.165 e. The summed E-state index contributed by atoms with van der Waals surface area (Å²) >= 11 is 5.96. The molecular weight excluding hydrogens is 272 g/mol. The highest BCUT2D eigenvalue weighted by Crippen LogP contribution is 2.29. The summed E-state index contributed by atoms with van der Waals surface area (Å²) in [6, 6.07) is 9.74. The number of fused-ring (bicyclic) bond motifs is 1. The Hall–Kier alpha value is -2.07. The number of nitrogens with zero attached hydrogens (tertiary/aromatic N) is 3. The van der Waals surface area contributed by atoms with Gasteiger partial charge in [-0.25, -0.2) is 4.98 Å². The van der Waals surface area contributed by atoms with Crippen LogP contribution in [0.5, 0.6) is 0 Å². The molecule has 0 aliphatic heterocycles. The quantitative estimate of drug-likeness (QED) is 0.781. The Labute approximate surface area is 122 Å². The minimum Gasteiger partial charge on any atom is -0.373 e. The molecule has 20 heavy (non-hydrogen) atoms. The molecule has 4 nitrogen and oxygen atoms in total. The molecule has 0 aliphatic carbocycles. The molecule has 0 amide bonds. The van der Waals surface area contributed by atoms with E-state index in [0.717, 1.165) is 39.0 Å². The summed E-state index contributed by atoms with van der Waals surface area (Å²) in [5.74, 6) is 0.927. The minimum atomic E-state index is 0.725. The van der Waals surface area contributed by atoms with Gasteiger partial charge in [-0.1, -0.05) is 23.7 Å². The molecule has 0 unspecified atom stereocenters.